The third kappa shape index (κ3) is 7.89. The van der Waals surface area contributed by atoms with Crippen molar-refractivity contribution in [2.24, 2.45) is 11.8 Å². The van der Waals surface area contributed by atoms with Crippen LogP contribution in [0.4, 0.5) is 0 Å². The smallest absolute Gasteiger partial charge is 0.325 e. The Morgan fingerprint density at radius 2 is 1.58 bits per heavy atom. The second-order valence-electron chi connectivity index (χ2n) is 8.67. The monoisotopic (exact) mass is 434 g/mol. The first-order valence-electron chi connectivity index (χ1n) is 10.9. The van der Waals surface area contributed by atoms with Crippen molar-refractivity contribution in [2.75, 3.05) is 20.3 Å². The van der Waals surface area contributed by atoms with E-state index in [1.54, 1.807) is 18.9 Å². The van der Waals surface area contributed by atoms with Gasteiger partial charge in [-0.2, -0.15) is 0 Å². The highest BCUT2D eigenvalue weighted by molar-refractivity contribution is 5.92. The quantitative estimate of drug-likeness (QED) is 0.509. The molecule has 0 saturated carbocycles. The first-order chi connectivity index (χ1) is 14.5. The van der Waals surface area contributed by atoms with Gasteiger partial charge < -0.3 is 19.7 Å². The van der Waals surface area contributed by atoms with Crippen molar-refractivity contribution in [1.82, 2.24) is 10.2 Å². The molecule has 0 aliphatic rings. The van der Waals surface area contributed by atoms with Gasteiger partial charge >= 0.3 is 5.97 Å². The van der Waals surface area contributed by atoms with E-state index < -0.39 is 11.5 Å². The molecule has 174 valence electrons. The van der Waals surface area contributed by atoms with Crippen LogP contribution in [0.2, 0.25) is 0 Å². The molecule has 1 N–H and O–H groups in total. The summed E-state index contributed by atoms with van der Waals surface area (Å²) in [6.45, 7) is 11.6. The third-order valence-corrected chi connectivity index (χ3v) is 5.01. The molecule has 0 unspecified atom stereocenters. The number of ether oxygens (including phenoxy) is 2. The van der Waals surface area contributed by atoms with E-state index in [4.69, 9.17) is 9.47 Å². The van der Waals surface area contributed by atoms with Crippen LogP contribution < -0.4 is 10.1 Å². The summed E-state index contributed by atoms with van der Waals surface area (Å²) < 4.78 is 10.2. The highest BCUT2D eigenvalue weighted by Crippen LogP contribution is 2.33. The number of hydrogen-bond acceptors (Lipinski definition) is 5. The molecular weight excluding hydrogens is 396 g/mol. The van der Waals surface area contributed by atoms with Crippen LogP contribution in [-0.2, 0) is 25.7 Å². The molecule has 1 aromatic rings. The SMILES string of the molecule is CCOC(=O)CNC(=O)C(CC(C)C)(CC(C)C)N(Cc1ccc(OC)cc1)C(C)=O. The molecule has 1 rings (SSSR count). The number of carbonyl (C=O) groups excluding carboxylic acids is 3. The molecule has 0 saturated heterocycles. The topological polar surface area (TPSA) is 84.9 Å². The fourth-order valence-electron chi connectivity index (χ4n) is 3.97. The highest BCUT2D eigenvalue weighted by Gasteiger charge is 2.46. The second-order valence-corrected chi connectivity index (χ2v) is 8.67. The zero-order chi connectivity index (χ0) is 23.6. The number of amides is 2. The van der Waals surface area contributed by atoms with Gasteiger partial charge in [-0.05, 0) is 49.3 Å². The third-order valence-electron chi connectivity index (χ3n) is 5.01. The van der Waals surface area contributed by atoms with Gasteiger partial charge in [-0.3, -0.25) is 14.4 Å². The Labute approximate surface area is 186 Å². The van der Waals surface area contributed by atoms with Crippen LogP contribution in [0.1, 0.15) is 59.9 Å². The Bertz CT molecular complexity index is 718. The Hall–Kier alpha value is -2.57. The first-order valence-corrected chi connectivity index (χ1v) is 10.9. The number of rotatable bonds is 12. The molecule has 0 radical (unpaired) electrons. The molecule has 0 aromatic heterocycles. The van der Waals surface area contributed by atoms with Crippen LogP contribution >= 0.6 is 0 Å². The van der Waals surface area contributed by atoms with Crippen molar-refractivity contribution in [3.05, 3.63) is 29.8 Å². The summed E-state index contributed by atoms with van der Waals surface area (Å²) in [6.07, 6.45) is 0.963. The van der Waals surface area contributed by atoms with E-state index in [1.165, 1.54) is 6.92 Å². The maximum Gasteiger partial charge on any atom is 0.325 e. The lowest BCUT2D eigenvalue weighted by Gasteiger charge is -2.44. The van der Waals surface area contributed by atoms with Gasteiger partial charge in [0.1, 0.15) is 17.8 Å². The molecule has 7 nitrogen and oxygen atoms in total. The Morgan fingerprint density at radius 3 is 2.00 bits per heavy atom. The van der Waals surface area contributed by atoms with Crippen LogP contribution in [0.5, 0.6) is 5.75 Å². The average molecular weight is 435 g/mol. The number of carbonyl (C=O) groups is 3. The van der Waals surface area contributed by atoms with Gasteiger partial charge in [0, 0.05) is 13.5 Å². The van der Waals surface area contributed by atoms with Crippen molar-refractivity contribution in [3.63, 3.8) is 0 Å². The molecule has 1 aromatic carbocycles. The number of esters is 1. The predicted octanol–water partition coefficient (Wildman–Crippen LogP) is 3.55. The van der Waals surface area contributed by atoms with Crippen LogP contribution in [0, 0.1) is 11.8 Å². The minimum absolute atomic E-state index is 0.157. The largest absolute Gasteiger partial charge is 0.497 e. The maximum absolute atomic E-state index is 13.5. The summed E-state index contributed by atoms with van der Waals surface area (Å²) in [7, 11) is 1.60. The molecule has 0 aliphatic carbocycles. The fraction of sp³-hybridized carbons (Fsp3) is 0.625. The lowest BCUT2D eigenvalue weighted by atomic mass is 9.79. The standard InChI is InChI=1S/C24H38N2O5/c1-8-31-22(28)15-25-23(29)24(13-17(2)3,14-18(4)5)26(19(6)27)16-20-9-11-21(30-7)12-10-20/h9-12,17-18H,8,13-16H2,1-7H3,(H,25,29). The summed E-state index contributed by atoms with van der Waals surface area (Å²) in [5.74, 6) is 0.0222. The zero-order valence-electron chi connectivity index (χ0n) is 20.0. The summed E-state index contributed by atoms with van der Waals surface area (Å²) in [6, 6.07) is 7.45. The molecule has 31 heavy (non-hydrogen) atoms. The summed E-state index contributed by atoms with van der Waals surface area (Å²) in [5, 5.41) is 2.73. The minimum atomic E-state index is -1.08. The Kier molecular flexibility index (Phi) is 10.5. The first kappa shape index (κ1) is 26.5. The normalized spacial score (nSPS) is 11.4. The van der Waals surface area contributed by atoms with Gasteiger partial charge in [0.2, 0.25) is 11.8 Å². The van der Waals surface area contributed by atoms with E-state index in [9.17, 15) is 14.4 Å². The van der Waals surface area contributed by atoms with E-state index in [1.807, 2.05) is 52.0 Å². The highest BCUT2D eigenvalue weighted by atomic mass is 16.5. The van der Waals surface area contributed by atoms with Crippen LogP contribution in [0.15, 0.2) is 24.3 Å². The van der Waals surface area contributed by atoms with Crippen molar-refractivity contribution in [1.29, 1.82) is 0 Å². The van der Waals surface area contributed by atoms with Gasteiger partial charge in [0.25, 0.3) is 0 Å². The van der Waals surface area contributed by atoms with Crippen molar-refractivity contribution >= 4 is 17.8 Å². The van der Waals surface area contributed by atoms with E-state index in [0.717, 1.165) is 11.3 Å². The maximum atomic E-state index is 13.5. The number of hydrogen-bond donors (Lipinski definition) is 1. The summed E-state index contributed by atoms with van der Waals surface area (Å²) in [4.78, 5) is 39.9. The lowest BCUT2D eigenvalue weighted by Crippen LogP contribution is -2.61. The summed E-state index contributed by atoms with van der Waals surface area (Å²) in [5.41, 5.74) is -0.188. The molecule has 7 heteroatoms. The number of nitrogens with zero attached hydrogens (tertiary/aromatic N) is 1. The molecule has 0 spiro atoms. The number of nitrogens with one attached hydrogen (secondary N) is 1. The predicted molar refractivity (Wildman–Crippen MR) is 121 cm³/mol. The van der Waals surface area contributed by atoms with Crippen molar-refractivity contribution in [3.8, 4) is 5.75 Å². The molecule has 0 atom stereocenters. The van der Waals surface area contributed by atoms with Gasteiger partial charge in [0.15, 0.2) is 0 Å². The van der Waals surface area contributed by atoms with Crippen molar-refractivity contribution < 1.29 is 23.9 Å². The Morgan fingerprint density at radius 1 is 1.03 bits per heavy atom. The molecule has 0 heterocycles. The molecule has 0 bridgehead atoms. The van der Waals surface area contributed by atoms with E-state index in [0.29, 0.717) is 12.8 Å². The van der Waals surface area contributed by atoms with E-state index >= 15 is 0 Å². The Balaban J connectivity index is 3.36. The minimum Gasteiger partial charge on any atom is -0.497 e. The lowest BCUT2D eigenvalue weighted by molar-refractivity contribution is -0.152. The van der Waals surface area contributed by atoms with Gasteiger partial charge in [-0.25, -0.2) is 0 Å². The number of benzene rings is 1. The van der Waals surface area contributed by atoms with Gasteiger partial charge in [0.05, 0.1) is 13.7 Å². The molecule has 0 aliphatic heterocycles. The molecular formula is C24H38N2O5. The van der Waals surface area contributed by atoms with Gasteiger partial charge in [-0.1, -0.05) is 39.8 Å². The number of methoxy groups -OCH3 is 1. The molecule has 2 amide bonds. The van der Waals surface area contributed by atoms with E-state index in [2.05, 4.69) is 5.32 Å². The van der Waals surface area contributed by atoms with Crippen molar-refractivity contribution in [2.45, 2.75) is 66.5 Å². The molecule has 0 fully saturated rings. The van der Waals surface area contributed by atoms with Gasteiger partial charge in [-0.15, -0.1) is 0 Å². The van der Waals surface area contributed by atoms with E-state index in [-0.39, 0.29) is 43.3 Å². The zero-order valence-corrected chi connectivity index (χ0v) is 20.0. The van der Waals surface area contributed by atoms with Crippen LogP contribution in [0.25, 0.3) is 0 Å². The van der Waals surface area contributed by atoms with Crippen LogP contribution in [0.3, 0.4) is 0 Å². The summed E-state index contributed by atoms with van der Waals surface area (Å²) >= 11 is 0. The second kappa shape index (κ2) is 12.3. The average Bonchev–Trinajstić information content (AvgIpc) is 2.69. The fourth-order valence-corrected chi connectivity index (χ4v) is 3.97. The van der Waals surface area contributed by atoms with Crippen LogP contribution in [-0.4, -0.2) is 48.5 Å².